The van der Waals surface area contributed by atoms with Gasteiger partial charge in [-0.05, 0) is 24.3 Å². The lowest BCUT2D eigenvalue weighted by Gasteiger charge is -2.07. The third-order valence-corrected chi connectivity index (χ3v) is 3.39. The van der Waals surface area contributed by atoms with E-state index < -0.39 is 0 Å². The highest BCUT2D eigenvalue weighted by Crippen LogP contribution is 2.31. The summed E-state index contributed by atoms with van der Waals surface area (Å²) in [6, 6.07) is 12.3. The van der Waals surface area contributed by atoms with E-state index in [-0.39, 0.29) is 5.82 Å². The molecule has 4 heteroatoms. The minimum absolute atomic E-state index is 0.294. The van der Waals surface area contributed by atoms with E-state index in [0.29, 0.717) is 23.7 Å². The number of benzene rings is 2. The number of allylic oxidation sites excluding steroid dienone is 1. The van der Waals surface area contributed by atoms with Crippen LogP contribution in [0.5, 0.6) is 5.75 Å². The van der Waals surface area contributed by atoms with Crippen LogP contribution in [0, 0.1) is 5.82 Å². The van der Waals surface area contributed by atoms with Gasteiger partial charge in [0.25, 0.3) is 0 Å². The van der Waals surface area contributed by atoms with Crippen molar-refractivity contribution in [2.24, 2.45) is 0 Å². The van der Waals surface area contributed by atoms with Gasteiger partial charge in [0.15, 0.2) is 0 Å². The molecule has 21 heavy (non-hydrogen) atoms. The molecule has 0 saturated heterocycles. The number of para-hydroxylation sites is 1. The maximum atomic E-state index is 14.1. The third kappa shape index (κ3) is 2.18. The zero-order valence-corrected chi connectivity index (χ0v) is 11.7. The smallest absolute Gasteiger partial charge is 0.146 e. The van der Waals surface area contributed by atoms with Crippen LogP contribution in [-0.2, 0) is 6.54 Å². The van der Waals surface area contributed by atoms with Crippen molar-refractivity contribution in [1.29, 1.82) is 0 Å². The van der Waals surface area contributed by atoms with Crippen LogP contribution >= 0.6 is 0 Å². The summed E-state index contributed by atoms with van der Waals surface area (Å²) in [5.41, 5.74) is 2.09. The number of nitrogens with zero attached hydrogens (tertiary/aromatic N) is 2. The van der Waals surface area contributed by atoms with Crippen molar-refractivity contribution in [3.63, 3.8) is 0 Å². The lowest BCUT2D eigenvalue weighted by molar-refractivity contribution is 0.419. The molecule has 0 atom stereocenters. The summed E-state index contributed by atoms with van der Waals surface area (Å²) in [4.78, 5) is 4.58. The highest BCUT2D eigenvalue weighted by molar-refractivity contribution is 5.86. The first-order valence-electron chi connectivity index (χ1n) is 6.65. The Morgan fingerprint density at radius 1 is 1.24 bits per heavy atom. The molecular formula is C17H15FN2O. The quantitative estimate of drug-likeness (QED) is 0.675. The minimum Gasteiger partial charge on any atom is -0.494 e. The highest BCUT2D eigenvalue weighted by Gasteiger charge is 2.16. The van der Waals surface area contributed by atoms with Crippen molar-refractivity contribution in [3.05, 3.63) is 60.9 Å². The van der Waals surface area contributed by atoms with Gasteiger partial charge < -0.3 is 9.30 Å². The van der Waals surface area contributed by atoms with Gasteiger partial charge in [-0.2, -0.15) is 0 Å². The van der Waals surface area contributed by atoms with E-state index in [9.17, 15) is 4.39 Å². The molecule has 1 heterocycles. The Kier molecular flexibility index (Phi) is 3.44. The average molecular weight is 282 g/mol. The van der Waals surface area contributed by atoms with Crippen molar-refractivity contribution in [3.8, 4) is 17.1 Å². The lowest BCUT2D eigenvalue weighted by Crippen LogP contribution is -1.99. The first-order chi connectivity index (χ1) is 10.3. The fourth-order valence-electron chi connectivity index (χ4n) is 2.45. The number of rotatable bonds is 4. The van der Waals surface area contributed by atoms with Gasteiger partial charge in [0.1, 0.15) is 22.9 Å². The summed E-state index contributed by atoms with van der Waals surface area (Å²) in [5.74, 6) is 0.956. The molecule has 0 unspecified atom stereocenters. The molecule has 0 aliphatic carbocycles. The van der Waals surface area contributed by atoms with Gasteiger partial charge in [-0.3, -0.25) is 0 Å². The van der Waals surface area contributed by atoms with E-state index >= 15 is 0 Å². The predicted octanol–water partition coefficient (Wildman–Crippen LogP) is 4.04. The maximum absolute atomic E-state index is 14.1. The van der Waals surface area contributed by atoms with Gasteiger partial charge in [0.2, 0.25) is 0 Å². The number of fused-ring (bicyclic) bond motifs is 1. The summed E-state index contributed by atoms with van der Waals surface area (Å²) in [5, 5.41) is 0. The molecule has 0 bridgehead atoms. The Morgan fingerprint density at radius 2 is 2.05 bits per heavy atom. The number of hydrogen-bond acceptors (Lipinski definition) is 2. The van der Waals surface area contributed by atoms with Crippen LogP contribution in [0.4, 0.5) is 4.39 Å². The molecule has 2 aromatic carbocycles. The van der Waals surface area contributed by atoms with Crippen LogP contribution in [0.2, 0.25) is 0 Å². The normalized spacial score (nSPS) is 10.8. The number of hydrogen-bond donors (Lipinski definition) is 0. The average Bonchev–Trinajstić information content (AvgIpc) is 2.87. The van der Waals surface area contributed by atoms with E-state index in [0.717, 1.165) is 11.0 Å². The van der Waals surface area contributed by atoms with Crippen LogP contribution in [0.15, 0.2) is 55.1 Å². The summed E-state index contributed by atoms with van der Waals surface area (Å²) in [6.45, 7) is 4.32. The highest BCUT2D eigenvalue weighted by atomic mass is 19.1. The topological polar surface area (TPSA) is 27.1 Å². The second-order valence-electron chi connectivity index (χ2n) is 4.64. The van der Waals surface area contributed by atoms with E-state index in [1.54, 1.807) is 31.4 Å². The standard InChI is InChI=1S/C17H15FN2O/c1-3-11-20-14-9-6-10-15(21-2)16(14)19-17(20)12-7-4-5-8-13(12)18/h3-10H,1,11H2,2H3. The molecule has 3 nitrogen and oxygen atoms in total. The SMILES string of the molecule is C=CCn1c(-c2ccccc2F)nc2c(OC)cccc21. The lowest BCUT2D eigenvalue weighted by atomic mass is 10.2. The van der Waals surface area contributed by atoms with E-state index in [2.05, 4.69) is 11.6 Å². The van der Waals surface area contributed by atoms with Gasteiger partial charge in [0, 0.05) is 6.54 Å². The van der Waals surface area contributed by atoms with E-state index in [4.69, 9.17) is 4.74 Å². The van der Waals surface area contributed by atoms with Crippen LogP contribution in [0.3, 0.4) is 0 Å². The van der Waals surface area contributed by atoms with Crippen LogP contribution < -0.4 is 4.74 Å². The Balaban J connectivity index is 2.34. The number of ether oxygens (including phenoxy) is 1. The zero-order valence-electron chi connectivity index (χ0n) is 11.7. The van der Waals surface area contributed by atoms with E-state index in [1.807, 2.05) is 22.8 Å². The van der Waals surface area contributed by atoms with Crippen LogP contribution in [0.25, 0.3) is 22.4 Å². The molecule has 3 aromatic rings. The Labute approximate surface area is 122 Å². The predicted molar refractivity (Wildman–Crippen MR) is 81.9 cm³/mol. The maximum Gasteiger partial charge on any atom is 0.146 e. The zero-order chi connectivity index (χ0) is 14.8. The first-order valence-corrected chi connectivity index (χ1v) is 6.65. The molecular weight excluding hydrogens is 267 g/mol. The third-order valence-electron chi connectivity index (χ3n) is 3.39. The van der Waals surface area contributed by atoms with Crippen molar-refractivity contribution in [2.45, 2.75) is 6.54 Å². The number of imidazole rings is 1. The molecule has 0 N–H and O–H groups in total. The molecule has 0 fully saturated rings. The molecule has 0 spiro atoms. The van der Waals surface area contributed by atoms with Crippen molar-refractivity contribution in [1.82, 2.24) is 9.55 Å². The van der Waals surface area contributed by atoms with Crippen molar-refractivity contribution >= 4 is 11.0 Å². The Hall–Kier alpha value is -2.62. The monoisotopic (exact) mass is 282 g/mol. The van der Waals surface area contributed by atoms with Gasteiger partial charge in [0.05, 0.1) is 18.2 Å². The summed E-state index contributed by atoms with van der Waals surface area (Å²) < 4.78 is 21.4. The van der Waals surface area contributed by atoms with Crippen LogP contribution in [0.1, 0.15) is 0 Å². The van der Waals surface area contributed by atoms with Gasteiger partial charge in [-0.15, -0.1) is 6.58 Å². The van der Waals surface area contributed by atoms with E-state index in [1.165, 1.54) is 6.07 Å². The Bertz CT molecular complexity index is 808. The summed E-state index contributed by atoms with van der Waals surface area (Å²) in [6.07, 6.45) is 1.77. The summed E-state index contributed by atoms with van der Waals surface area (Å²) >= 11 is 0. The number of aromatic nitrogens is 2. The van der Waals surface area contributed by atoms with Gasteiger partial charge in [-0.25, -0.2) is 9.37 Å². The molecule has 106 valence electrons. The first kappa shape index (κ1) is 13.4. The largest absolute Gasteiger partial charge is 0.494 e. The molecule has 0 radical (unpaired) electrons. The molecule has 0 saturated carbocycles. The molecule has 0 aliphatic heterocycles. The number of methoxy groups -OCH3 is 1. The minimum atomic E-state index is -0.294. The summed E-state index contributed by atoms with van der Waals surface area (Å²) in [7, 11) is 1.60. The fourth-order valence-corrected chi connectivity index (χ4v) is 2.45. The molecule has 1 aromatic heterocycles. The Morgan fingerprint density at radius 3 is 2.76 bits per heavy atom. The second kappa shape index (κ2) is 5.40. The second-order valence-corrected chi connectivity index (χ2v) is 4.64. The van der Waals surface area contributed by atoms with Gasteiger partial charge >= 0.3 is 0 Å². The molecule has 3 rings (SSSR count). The molecule has 0 aliphatic rings. The van der Waals surface area contributed by atoms with Crippen LogP contribution in [-0.4, -0.2) is 16.7 Å². The number of halogens is 1. The van der Waals surface area contributed by atoms with Crippen molar-refractivity contribution < 1.29 is 9.13 Å². The fraction of sp³-hybridized carbons (Fsp3) is 0.118. The van der Waals surface area contributed by atoms with Crippen molar-refractivity contribution in [2.75, 3.05) is 7.11 Å². The molecule has 0 amide bonds. The van der Waals surface area contributed by atoms with Gasteiger partial charge in [-0.1, -0.05) is 24.3 Å².